The first-order valence-electron chi connectivity index (χ1n) is 8.78. The summed E-state index contributed by atoms with van der Waals surface area (Å²) >= 11 is 0. The van der Waals surface area contributed by atoms with Gasteiger partial charge in [-0.15, -0.1) is 0 Å². The summed E-state index contributed by atoms with van der Waals surface area (Å²) in [5.74, 6) is 0.752. The molecule has 138 valence electrons. The van der Waals surface area contributed by atoms with Gasteiger partial charge in [0.15, 0.2) is 5.84 Å². The second kappa shape index (κ2) is 9.36. The quantitative estimate of drug-likeness (QED) is 0.449. The predicted octanol–water partition coefficient (Wildman–Crippen LogP) is 2.58. The molecule has 1 fully saturated rings. The Labute approximate surface area is 148 Å². The van der Waals surface area contributed by atoms with Gasteiger partial charge in [-0.1, -0.05) is 20.3 Å². The van der Waals surface area contributed by atoms with Crippen LogP contribution in [0.1, 0.15) is 57.0 Å². The van der Waals surface area contributed by atoms with Gasteiger partial charge in [-0.3, -0.25) is 9.79 Å². The molecular weight excluding hydrogens is 320 g/mol. The molecule has 0 bridgehead atoms. The summed E-state index contributed by atoms with van der Waals surface area (Å²) in [4.78, 5) is 23.2. The number of hydrogen-bond donors (Lipinski definition) is 2. The Balaban J connectivity index is 1.85. The van der Waals surface area contributed by atoms with Crippen molar-refractivity contribution in [2.75, 3.05) is 13.7 Å². The average Bonchev–Trinajstić information content (AvgIpc) is 3.26. The topological polar surface area (TPSA) is 102 Å². The standard InChI is InChI=1S/C18H28N4O3/c1-4-12(2)9-17(23)24-10-13-5-8-16(25-13)14-6-7-15(22-14)18(20-3)21-11-19/h6-7,11-13,16,22H,4-5,8-10H2,1-3H3,(H2,19,20,21). The van der Waals surface area contributed by atoms with E-state index >= 15 is 0 Å². The van der Waals surface area contributed by atoms with E-state index in [1.54, 1.807) is 7.05 Å². The predicted molar refractivity (Wildman–Crippen MR) is 97.8 cm³/mol. The molecule has 1 aliphatic rings. The first-order chi connectivity index (χ1) is 12.1. The second-order valence-electron chi connectivity index (χ2n) is 6.38. The number of aromatic nitrogens is 1. The molecule has 1 saturated heterocycles. The van der Waals surface area contributed by atoms with Crippen LogP contribution in [0.5, 0.6) is 0 Å². The van der Waals surface area contributed by atoms with Gasteiger partial charge in [-0.25, -0.2) is 4.99 Å². The minimum absolute atomic E-state index is 0.0352. The van der Waals surface area contributed by atoms with Crippen molar-refractivity contribution in [1.29, 1.82) is 0 Å². The molecule has 0 aromatic carbocycles. The van der Waals surface area contributed by atoms with E-state index in [9.17, 15) is 4.79 Å². The van der Waals surface area contributed by atoms with Crippen LogP contribution < -0.4 is 5.73 Å². The van der Waals surface area contributed by atoms with E-state index in [4.69, 9.17) is 15.2 Å². The van der Waals surface area contributed by atoms with Gasteiger partial charge < -0.3 is 20.2 Å². The van der Waals surface area contributed by atoms with Gasteiger partial charge in [0.25, 0.3) is 0 Å². The molecule has 2 rings (SSSR count). The summed E-state index contributed by atoms with van der Waals surface area (Å²) in [5.41, 5.74) is 7.10. The Morgan fingerprint density at radius 3 is 3.00 bits per heavy atom. The largest absolute Gasteiger partial charge is 0.463 e. The van der Waals surface area contributed by atoms with Crippen molar-refractivity contribution >= 4 is 18.1 Å². The lowest BCUT2D eigenvalue weighted by molar-refractivity contribution is -0.148. The molecule has 0 radical (unpaired) electrons. The fraction of sp³-hybridized carbons (Fsp3) is 0.611. The summed E-state index contributed by atoms with van der Waals surface area (Å²) < 4.78 is 11.4. The monoisotopic (exact) mass is 348 g/mol. The van der Waals surface area contributed by atoms with Gasteiger partial charge in [-0.05, 0) is 30.9 Å². The molecule has 3 N–H and O–H groups in total. The molecule has 1 aromatic heterocycles. The highest BCUT2D eigenvalue weighted by atomic mass is 16.6. The minimum Gasteiger partial charge on any atom is -0.463 e. The van der Waals surface area contributed by atoms with Gasteiger partial charge in [0.1, 0.15) is 6.61 Å². The molecule has 1 aliphatic heterocycles. The molecular formula is C18H28N4O3. The normalized spacial score (nSPS) is 22.4. The number of esters is 1. The van der Waals surface area contributed by atoms with Crippen LogP contribution in [0.2, 0.25) is 0 Å². The highest BCUT2D eigenvalue weighted by Crippen LogP contribution is 2.32. The first kappa shape index (κ1) is 19.2. The zero-order valence-corrected chi connectivity index (χ0v) is 15.2. The number of H-pyrrole nitrogens is 1. The van der Waals surface area contributed by atoms with Crippen molar-refractivity contribution in [1.82, 2.24) is 4.98 Å². The van der Waals surface area contributed by atoms with Crippen LogP contribution >= 0.6 is 0 Å². The van der Waals surface area contributed by atoms with Crippen molar-refractivity contribution in [3.63, 3.8) is 0 Å². The minimum atomic E-state index is -0.146. The fourth-order valence-corrected chi connectivity index (χ4v) is 2.78. The van der Waals surface area contributed by atoms with Crippen molar-refractivity contribution in [3.05, 3.63) is 23.5 Å². The van der Waals surface area contributed by atoms with E-state index < -0.39 is 0 Å². The molecule has 1 aromatic rings. The number of hydrogen-bond acceptors (Lipinski definition) is 4. The SMILES string of the molecule is CCC(C)CC(=O)OCC1CCC(c2ccc(C(N=CN)=NC)[nH]2)O1. The summed E-state index contributed by atoms with van der Waals surface area (Å²) in [6.07, 6.45) is 4.32. The number of nitrogens with one attached hydrogen (secondary N) is 1. The number of amidine groups is 1. The summed E-state index contributed by atoms with van der Waals surface area (Å²) in [7, 11) is 1.67. The smallest absolute Gasteiger partial charge is 0.306 e. The van der Waals surface area contributed by atoms with Crippen molar-refractivity contribution in [3.8, 4) is 0 Å². The zero-order valence-electron chi connectivity index (χ0n) is 15.2. The van der Waals surface area contributed by atoms with Crippen LogP contribution in [0.25, 0.3) is 0 Å². The molecule has 3 unspecified atom stereocenters. The summed E-state index contributed by atoms with van der Waals surface area (Å²) in [6, 6.07) is 3.88. The van der Waals surface area contributed by atoms with Gasteiger partial charge in [-0.2, -0.15) is 0 Å². The number of nitrogens with zero attached hydrogens (tertiary/aromatic N) is 2. The lowest BCUT2D eigenvalue weighted by atomic mass is 10.1. The fourth-order valence-electron chi connectivity index (χ4n) is 2.78. The molecule has 0 amide bonds. The van der Waals surface area contributed by atoms with Gasteiger partial charge >= 0.3 is 5.97 Å². The number of carbonyl (C=O) groups excluding carboxylic acids is 1. The van der Waals surface area contributed by atoms with Crippen LogP contribution in [-0.2, 0) is 14.3 Å². The first-order valence-corrected chi connectivity index (χ1v) is 8.78. The maximum Gasteiger partial charge on any atom is 0.306 e. The van der Waals surface area contributed by atoms with Crippen molar-refractivity contribution < 1.29 is 14.3 Å². The Hall–Kier alpha value is -2.15. The summed E-state index contributed by atoms with van der Waals surface area (Å²) in [5, 5.41) is 0. The zero-order chi connectivity index (χ0) is 18.2. The van der Waals surface area contributed by atoms with E-state index in [0.29, 0.717) is 24.8 Å². The number of ether oxygens (including phenoxy) is 2. The third-order valence-corrected chi connectivity index (χ3v) is 4.45. The van der Waals surface area contributed by atoms with Gasteiger partial charge in [0, 0.05) is 19.2 Å². The molecule has 2 heterocycles. The molecule has 3 atom stereocenters. The van der Waals surface area contributed by atoms with Gasteiger partial charge in [0.2, 0.25) is 0 Å². The lowest BCUT2D eigenvalue weighted by Crippen LogP contribution is -2.19. The van der Waals surface area contributed by atoms with Crippen molar-refractivity contribution in [2.24, 2.45) is 21.6 Å². The molecule has 0 spiro atoms. The maximum absolute atomic E-state index is 11.8. The number of nitrogens with two attached hydrogens (primary N) is 1. The van der Waals surface area contributed by atoms with Gasteiger partial charge in [0.05, 0.1) is 24.2 Å². The second-order valence-corrected chi connectivity index (χ2v) is 6.38. The van der Waals surface area contributed by atoms with E-state index in [0.717, 1.165) is 30.7 Å². The van der Waals surface area contributed by atoms with Crippen LogP contribution in [0.3, 0.4) is 0 Å². The van der Waals surface area contributed by atoms with E-state index in [2.05, 4.69) is 28.8 Å². The third kappa shape index (κ3) is 5.42. The molecule has 7 nitrogen and oxygen atoms in total. The van der Waals surface area contributed by atoms with Crippen LogP contribution in [0, 0.1) is 5.92 Å². The number of rotatable bonds is 7. The van der Waals surface area contributed by atoms with Crippen molar-refractivity contribution in [2.45, 2.75) is 51.7 Å². The van der Waals surface area contributed by atoms with Crippen LogP contribution in [-0.4, -0.2) is 42.9 Å². The number of aliphatic imine (C=N–C) groups is 2. The molecule has 25 heavy (non-hydrogen) atoms. The maximum atomic E-state index is 11.8. The van der Waals surface area contributed by atoms with E-state index in [1.165, 1.54) is 6.34 Å². The van der Waals surface area contributed by atoms with Crippen LogP contribution in [0.4, 0.5) is 0 Å². The lowest BCUT2D eigenvalue weighted by Gasteiger charge is -2.14. The molecule has 7 heteroatoms. The average molecular weight is 348 g/mol. The number of carbonyl (C=O) groups is 1. The molecule has 0 saturated carbocycles. The Kier molecular flexibility index (Phi) is 7.18. The highest BCUT2D eigenvalue weighted by Gasteiger charge is 2.28. The van der Waals surface area contributed by atoms with E-state index in [-0.39, 0.29) is 18.2 Å². The Morgan fingerprint density at radius 1 is 1.52 bits per heavy atom. The van der Waals surface area contributed by atoms with Crippen LogP contribution in [0.15, 0.2) is 22.1 Å². The Morgan fingerprint density at radius 2 is 2.32 bits per heavy atom. The van der Waals surface area contributed by atoms with E-state index in [1.807, 2.05) is 12.1 Å². The summed E-state index contributed by atoms with van der Waals surface area (Å²) in [6.45, 7) is 4.44. The number of aromatic amines is 1. The Bertz CT molecular complexity index is 624. The highest BCUT2D eigenvalue weighted by molar-refractivity contribution is 6.01. The third-order valence-electron chi connectivity index (χ3n) is 4.45. The molecule has 0 aliphatic carbocycles.